The molecule has 106 valence electrons. The molecule has 0 aliphatic rings. The minimum absolute atomic E-state index is 0.0503. The lowest BCUT2D eigenvalue weighted by Gasteiger charge is -2.23. The predicted molar refractivity (Wildman–Crippen MR) is 77.9 cm³/mol. The first-order chi connectivity index (χ1) is 8.90. The molecule has 0 bridgehead atoms. The van der Waals surface area contributed by atoms with E-state index < -0.39 is 10.7 Å². The van der Waals surface area contributed by atoms with Gasteiger partial charge in [0.1, 0.15) is 11.5 Å². The van der Waals surface area contributed by atoms with Crippen molar-refractivity contribution in [1.82, 2.24) is 0 Å². The predicted octanol–water partition coefficient (Wildman–Crippen LogP) is 4.73. The van der Waals surface area contributed by atoms with E-state index in [-0.39, 0.29) is 21.9 Å². The Morgan fingerprint density at radius 3 is 2.47 bits per heavy atom. The molecule has 0 heterocycles. The van der Waals surface area contributed by atoms with E-state index in [4.69, 9.17) is 0 Å². The zero-order valence-electron chi connectivity index (χ0n) is 11.2. The van der Waals surface area contributed by atoms with Crippen molar-refractivity contribution in [1.29, 1.82) is 0 Å². The standard InChI is InChI=1S/C13H18BrFN2O2/c1-4-9(5-2)8(3)16-12-7-11(15)10(14)6-13(12)17(18)19/h6-9,16H,4-5H2,1-3H3. The van der Waals surface area contributed by atoms with E-state index >= 15 is 0 Å². The summed E-state index contributed by atoms with van der Waals surface area (Å²) in [5.41, 5.74) is 0.108. The van der Waals surface area contributed by atoms with Crippen LogP contribution in [0.5, 0.6) is 0 Å². The van der Waals surface area contributed by atoms with E-state index in [2.05, 4.69) is 35.1 Å². The molecule has 1 rings (SSSR count). The third-order valence-corrected chi connectivity index (χ3v) is 3.98. The van der Waals surface area contributed by atoms with E-state index in [1.807, 2.05) is 6.92 Å². The maximum Gasteiger partial charge on any atom is 0.293 e. The number of nitro benzene ring substituents is 1. The van der Waals surface area contributed by atoms with Crippen molar-refractivity contribution in [2.45, 2.75) is 39.7 Å². The van der Waals surface area contributed by atoms with Crippen LogP contribution in [0.4, 0.5) is 15.8 Å². The molecule has 0 aliphatic carbocycles. The molecule has 0 aliphatic heterocycles. The average molecular weight is 333 g/mol. The highest BCUT2D eigenvalue weighted by Gasteiger charge is 2.21. The van der Waals surface area contributed by atoms with Gasteiger partial charge in [-0.3, -0.25) is 10.1 Å². The quantitative estimate of drug-likeness (QED) is 0.605. The zero-order valence-corrected chi connectivity index (χ0v) is 12.8. The Kier molecular flexibility index (Phi) is 5.72. The number of benzene rings is 1. The van der Waals surface area contributed by atoms with Gasteiger partial charge in [-0.25, -0.2) is 4.39 Å². The third-order valence-electron chi connectivity index (χ3n) is 3.37. The van der Waals surface area contributed by atoms with Crippen LogP contribution in [0.2, 0.25) is 0 Å². The second-order valence-corrected chi connectivity index (χ2v) is 5.40. The maximum absolute atomic E-state index is 13.5. The number of halogens is 2. The van der Waals surface area contributed by atoms with E-state index in [0.717, 1.165) is 12.8 Å². The third kappa shape index (κ3) is 3.89. The van der Waals surface area contributed by atoms with Crippen molar-refractivity contribution >= 4 is 27.3 Å². The summed E-state index contributed by atoms with van der Waals surface area (Å²) in [5.74, 6) is -0.115. The smallest absolute Gasteiger partial charge is 0.293 e. The van der Waals surface area contributed by atoms with Gasteiger partial charge >= 0.3 is 0 Å². The van der Waals surface area contributed by atoms with Gasteiger partial charge in [-0.05, 0) is 28.8 Å². The fraction of sp³-hybridized carbons (Fsp3) is 0.538. The topological polar surface area (TPSA) is 55.2 Å². The van der Waals surface area contributed by atoms with Crippen LogP contribution in [0, 0.1) is 21.8 Å². The molecule has 1 aromatic rings. The Morgan fingerprint density at radius 1 is 1.42 bits per heavy atom. The second-order valence-electron chi connectivity index (χ2n) is 4.55. The van der Waals surface area contributed by atoms with E-state index in [1.165, 1.54) is 12.1 Å². The molecule has 0 spiro atoms. The highest BCUT2D eigenvalue weighted by Crippen LogP contribution is 2.32. The summed E-state index contributed by atoms with van der Waals surface area (Å²) in [6.07, 6.45) is 1.94. The van der Waals surface area contributed by atoms with Crippen molar-refractivity contribution in [3.05, 3.63) is 32.5 Å². The molecule has 0 saturated heterocycles. The molecular formula is C13H18BrFN2O2. The van der Waals surface area contributed by atoms with Crippen molar-refractivity contribution in [3.8, 4) is 0 Å². The summed E-state index contributed by atoms with van der Waals surface area (Å²) in [6.45, 7) is 6.10. The van der Waals surface area contributed by atoms with Gasteiger partial charge in [0.2, 0.25) is 0 Å². The zero-order chi connectivity index (χ0) is 14.6. The molecule has 0 aromatic heterocycles. The molecule has 6 heteroatoms. The number of hydrogen-bond acceptors (Lipinski definition) is 3. The molecule has 1 atom stereocenters. The number of nitrogens with zero attached hydrogens (tertiary/aromatic N) is 1. The van der Waals surface area contributed by atoms with Crippen molar-refractivity contribution in [2.75, 3.05) is 5.32 Å². The normalized spacial score (nSPS) is 12.5. The molecular weight excluding hydrogens is 315 g/mol. The monoisotopic (exact) mass is 332 g/mol. The summed E-state index contributed by atoms with van der Waals surface area (Å²) in [6, 6.07) is 2.41. The SMILES string of the molecule is CCC(CC)C(C)Nc1cc(F)c(Br)cc1[N+](=O)[O-]. The Labute approximate surface area is 120 Å². The molecule has 0 fully saturated rings. The van der Waals surface area contributed by atoms with Crippen LogP contribution in [-0.4, -0.2) is 11.0 Å². The molecule has 19 heavy (non-hydrogen) atoms. The van der Waals surface area contributed by atoms with Crippen molar-refractivity contribution < 1.29 is 9.31 Å². The van der Waals surface area contributed by atoms with E-state index in [9.17, 15) is 14.5 Å². The minimum atomic E-state index is -0.509. The van der Waals surface area contributed by atoms with Crippen LogP contribution in [0.15, 0.2) is 16.6 Å². The summed E-state index contributed by atoms with van der Waals surface area (Å²) >= 11 is 2.96. The van der Waals surface area contributed by atoms with Crippen LogP contribution in [-0.2, 0) is 0 Å². The van der Waals surface area contributed by atoms with Gasteiger partial charge in [0.05, 0.1) is 9.40 Å². The van der Waals surface area contributed by atoms with E-state index in [1.54, 1.807) is 0 Å². The number of anilines is 1. The second kappa shape index (κ2) is 6.84. The average Bonchev–Trinajstić information content (AvgIpc) is 2.34. The van der Waals surface area contributed by atoms with Crippen LogP contribution in [0.1, 0.15) is 33.6 Å². The first-order valence-electron chi connectivity index (χ1n) is 6.30. The number of nitrogens with one attached hydrogen (secondary N) is 1. The molecule has 0 amide bonds. The number of nitro groups is 1. The van der Waals surface area contributed by atoms with Gasteiger partial charge < -0.3 is 5.32 Å². The fourth-order valence-corrected chi connectivity index (χ4v) is 2.49. The number of hydrogen-bond donors (Lipinski definition) is 1. The van der Waals surface area contributed by atoms with Gasteiger partial charge in [0.15, 0.2) is 0 Å². The van der Waals surface area contributed by atoms with Gasteiger partial charge in [-0.15, -0.1) is 0 Å². The summed E-state index contributed by atoms with van der Waals surface area (Å²) in [4.78, 5) is 10.5. The van der Waals surface area contributed by atoms with Crippen molar-refractivity contribution in [3.63, 3.8) is 0 Å². The van der Waals surface area contributed by atoms with Gasteiger partial charge in [0, 0.05) is 18.2 Å². The lowest BCUT2D eigenvalue weighted by atomic mass is 9.95. The first kappa shape index (κ1) is 15.9. The summed E-state index contributed by atoms with van der Waals surface area (Å²) in [5, 5.41) is 14.1. The first-order valence-corrected chi connectivity index (χ1v) is 7.09. The number of rotatable bonds is 6. The Bertz CT molecular complexity index is 464. The van der Waals surface area contributed by atoms with Gasteiger partial charge in [-0.2, -0.15) is 0 Å². The molecule has 0 saturated carbocycles. The van der Waals surface area contributed by atoms with E-state index in [0.29, 0.717) is 5.92 Å². The van der Waals surface area contributed by atoms with Crippen LogP contribution < -0.4 is 5.32 Å². The van der Waals surface area contributed by atoms with Crippen LogP contribution >= 0.6 is 15.9 Å². The van der Waals surface area contributed by atoms with Crippen LogP contribution in [0.25, 0.3) is 0 Å². The molecule has 4 nitrogen and oxygen atoms in total. The lowest BCUT2D eigenvalue weighted by Crippen LogP contribution is -2.25. The Hall–Kier alpha value is -1.17. The maximum atomic E-state index is 13.5. The lowest BCUT2D eigenvalue weighted by molar-refractivity contribution is -0.384. The highest BCUT2D eigenvalue weighted by atomic mass is 79.9. The highest BCUT2D eigenvalue weighted by molar-refractivity contribution is 9.10. The molecule has 0 radical (unpaired) electrons. The molecule has 1 unspecified atom stereocenters. The fourth-order valence-electron chi connectivity index (χ4n) is 2.16. The minimum Gasteiger partial charge on any atom is -0.377 e. The van der Waals surface area contributed by atoms with Gasteiger partial charge in [0.25, 0.3) is 5.69 Å². The Balaban J connectivity index is 3.06. The van der Waals surface area contributed by atoms with Crippen molar-refractivity contribution in [2.24, 2.45) is 5.92 Å². The summed E-state index contributed by atoms with van der Waals surface area (Å²) in [7, 11) is 0. The molecule has 1 N–H and O–H groups in total. The van der Waals surface area contributed by atoms with Gasteiger partial charge in [-0.1, -0.05) is 26.7 Å². The largest absolute Gasteiger partial charge is 0.377 e. The van der Waals surface area contributed by atoms with Crippen LogP contribution in [0.3, 0.4) is 0 Å². The summed E-state index contributed by atoms with van der Waals surface area (Å²) < 4.78 is 13.6. The molecule has 1 aromatic carbocycles. The Morgan fingerprint density at radius 2 is 2.00 bits per heavy atom.